The first-order valence-electron chi connectivity index (χ1n) is 22.0. The Balaban J connectivity index is -0.000000130. The normalized spacial score (nSPS) is 9.54. The zero-order chi connectivity index (χ0) is 52.6. The van der Waals surface area contributed by atoms with Gasteiger partial charge in [0.25, 0.3) is 0 Å². The fourth-order valence-corrected chi connectivity index (χ4v) is 3.71. The van der Waals surface area contributed by atoms with E-state index in [-0.39, 0.29) is 92.1 Å². The molecule has 0 aliphatic carbocycles. The Kier molecular flexibility index (Phi) is 61.7. The summed E-state index contributed by atoms with van der Waals surface area (Å²) in [7, 11) is 0. The van der Waals surface area contributed by atoms with Crippen LogP contribution in [0.1, 0.15) is 199 Å². The SMILES string of the molecule is CCCC(=O)CC(=O)OOC(C)C.CCCC(=O)CC(=O)OOC(C)C.CCCC(=O)CC(=O)OOC(C)C.CCCC(=O)CC(=O)[O-].CCCC(=O)CC(=O)[O-].CCCC(=O)CC(=O)[O-].[Ga+3]. The van der Waals surface area contributed by atoms with Crippen molar-refractivity contribution < 1.29 is 102 Å². The molecule has 0 aliphatic rings. The average molecular weight is 1020 g/mol. The van der Waals surface area contributed by atoms with E-state index in [1.165, 1.54) is 0 Å². The largest absolute Gasteiger partial charge is 3.00 e. The maximum absolute atomic E-state index is 10.9. The van der Waals surface area contributed by atoms with Gasteiger partial charge in [-0.2, -0.15) is 14.7 Å². The number of carbonyl (C=O) groups is 12. The molecule has 0 saturated heterocycles. The van der Waals surface area contributed by atoms with E-state index >= 15 is 0 Å². The number of hydrogen-bond acceptors (Lipinski definition) is 21. The molecule has 0 N–H and O–H groups in total. The van der Waals surface area contributed by atoms with Gasteiger partial charge in [0.15, 0.2) is 0 Å². The van der Waals surface area contributed by atoms with Gasteiger partial charge >= 0.3 is 37.7 Å². The van der Waals surface area contributed by atoms with Crippen LogP contribution in [0, 0.1) is 0 Å². The van der Waals surface area contributed by atoms with Gasteiger partial charge in [0.1, 0.15) is 54.0 Å². The molecule has 21 nitrogen and oxygen atoms in total. The topological polar surface area (TPSA) is 329 Å². The van der Waals surface area contributed by atoms with E-state index in [9.17, 15) is 72.9 Å². The van der Waals surface area contributed by atoms with Crippen molar-refractivity contribution in [3.8, 4) is 0 Å². The molecule has 0 saturated carbocycles. The molecule has 0 rings (SSSR count). The summed E-state index contributed by atoms with van der Waals surface area (Å²) >= 11 is 0. The fraction of sp³-hybridized carbons (Fsp3) is 0.733. The molecule has 0 atom stereocenters. The second-order valence-corrected chi connectivity index (χ2v) is 14.7. The van der Waals surface area contributed by atoms with Gasteiger partial charge in [-0.25, -0.2) is 14.4 Å². The summed E-state index contributed by atoms with van der Waals surface area (Å²) in [4.78, 5) is 153. The predicted molar refractivity (Wildman–Crippen MR) is 235 cm³/mol. The molecule has 22 heteroatoms. The minimum Gasteiger partial charge on any atom is -0.550 e. The Morgan fingerprint density at radius 3 is 0.582 bits per heavy atom. The summed E-state index contributed by atoms with van der Waals surface area (Å²) in [5, 5.41) is 29.3. The molecule has 384 valence electrons. The Bertz CT molecular complexity index is 1260. The van der Waals surface area contributed by atoms with Crippen molar-refractivity contribution in [2.45, 2.75) is 217 Å². The summed E-state index contributed by atoms with van der Waals surface area (Å²) in [5.41, 5.74) is 0. The summed E-state index contributed by atoms with van der Waals surface area (Å²) in [6.07, 6.45) is 4.19. The van der Waals surface area contributed by atoms with E-state index in [0.29, 0.717) is 57.8 Å². The van der Waals surface area contributed by atoms with Gasteiger partial charge < -0.3 is 29.7 Å². The smallest absolute Gasteiger partial charge is 0.550 e. The molecule has 0 aromatic carbocycles. The number of carboxylic acid groups (broad SMARTS) is 3. The third kappa shape index (κ3) is 78.9. The zero-order valence-corrected chi connectivity index (χ0v) is 44.0. The van der Waals surface area contributed by atoms with Gasteiger partial charge in [-0.1, -0.05) is 41.5 Å². The first-order chi connectivity index (χ1) is 30.7. The predicted octanol–water partition coefficient (Wildman–Crippen LogP) is 2.99. The van der Waals surface area contributed by atoms with Crippen molar-refractivity contribution >= 4 is 90.3 Å². The van der Waals surface area contributed by atoms with Gasteiger partial charge in [0, 0.05) is 75.7 Å². The van der Waals surface area contributed by atoms with Crippen LogP contribution in [0.2, 0.25) is 0 Å². The minimum absolute atomic E-state index is 0. The second-order valence-electron chi connectivity index (χ2n) is 14.7. The minimum atomic E-state index is -1.28. The molecule has 0 fully saturated rings. The summed E-state index contributed by atoms with van der Waals surface area (Å²) in [6, 6.07) is 0. The second kappa shape index (κ2) is 54.0. The third-order valence-electron chi connectivity index (χ3n) is 6.22. The summed E-state index contributed by atoms with van der Waals surface area (Å²) < 4.78 is 0. The van der Waals surface area contributed by atoms with Gasteiger partial charge in [0.05, 0.1) is 18.3 Å². The average Bonchev–Trinajstić information content (AvgIpc) is 3.16. The molecular weight excluding hydrogens is 946 g/mol. The Labute approximate surface area is 408 Å². The molecule has 0 bridgehead atoms. The van der Waals surface area contributed by atoms with E-state index in [1.807, 2.05) is 41.5 Å². The van der Waals surface area contributed by atoms with Crippen LogP contribution in [0.3, 0.4) is 0 Å². The Hall–Kier alpha value is -4.64. The number of rotatable bonds is 30. The van der Waals surface area contributed by atoms with Crippen LogP contribution in [0.25, 0.3) is 0 Å². The van der Waals surface area contributed by atoms with E-state index in [1.54, 1.807) is 41.5 Å². The van der Waals surface area contributed by atoms with Crippen molar-refractivity contribution in [1.29, 1.82) is 0 Å². The molecule has 0 aliphatic heterocycles. The number of aliphatic carboxylic acids is 3. The van der Waals surface area contributed by atoms with Gasteiger partial charge in [-0.05, 0) is 80.1 Å². The van der Waals surface area contributed by atoms with Crippen LogP contribution < -0.4 is 15.3 Å². The maximum atomic E-state index is 10.9. The van der Waals surface area contributed by atoms with Crippen molar-refractivity contribution in [3.05, 3.63) is 0 Å². The molecule has 0 amide bonds. The van der Waals surface area contributed by atoms with E-state index in [0.717, 1.165) is 19.3 Å². The van der Waals surface area contributed by atoms with Crippen LogP contribution >= 0.6 is 0 Å². The van der Waals surface area contributed by atoms with Crippen LogP contribution in [-0.2, 0) is 86.9 Å². The molecular formula is C45H75GaO21. The quantitative estimate of drug-likeness (QED) is 0.0432. The third-order valence-corrected chi connectivity index (χ3v) is 6.22. The van der Waals surface area contributed by atoms with E-state index < -0.39 is 55.1 Å². The molecule has 0 aromatic rings. The molecule has 0 spiro atoms. The number of Topliss-reactive ketones (excluding diaryl/α,β-unsaturated/α-hetero) is 6. The van der Waals surface area contributed by atoms with Gasteiger partial charge in [-0.15, -0.1) is 0 Å². The molecule has 0 unspecified atom stereocenters. The van der Waals surface area contributed by atoms with Crippen molar-refractivity contribution in [2.24, 2.45) is 0 Å². The van der Waals surface area contributed by atoms with Crippen LogP contribution in [0.15, 0.2) is 0 Å². The van der Waals surface area contributed by atoms with E-state index in [4.69, 9.17) is 0 Å². The van der Waals surface area contributed by atoms with Crippen molar-refractivity contribution in [1.82, 2.24) is 0 Å². The molecule has 0 heterocycles. The van der Waals surface area contributed by atoms with Gasteiger partial charge in [0.2, 0.25) is 0 Å². The summed E-state index contributed by atoms with van der Waals surface area (Å²) in [6.45, 7) is 21.6. The number of carbonyl (C=O) groups excluding carboxylic acids is 12. The van der Waals surface area contributed by atoms with Crippen molar-refractivity contribution in [2.75, 3.05) is 0 Å². The number of ketones is 6. The number of hydrogen-bond donors (Lipinski definition) is 0. The van der Waals surface area contributed by atoms with Crippen molar-refractivity contribution in [3.63, 3.8) is 0 Å². The molecule has 0 radical (unpaired) electrons. The zero-order valence-electron chi connectivity index (χ0n) is 41.6. The van der Waals surface area contributed by atoms with Crippen LogP contribution in [0.4, 0.5) is 0 Å². The Morgan fingerprint density at radius 1 is 0.313 bits per heavy atom. The van der Waals surface area contributed by atoms with E-state index in [2.05, 4.69) is 29.3 Å². The van der Waals surface area contributed by atoms with Gasteiger partial charge in [-0.3, -0.25) is 43.4 Å². The Morgan fingerprint density at radius 2 is 0.463 bits per heavy atom. The number of carboxylic acids is 3. The monoisotopic (exact) mass is 1020 g/mol. The first kappa shape index (κ1) is 76.6. The summed E-state index contributed by atoms with van der Waals surface area (Å²) in [5.74, 6) is -6.80. The molecule has 67 heavy (non-hydrogen) atoms. The fourth-order valence-electron chi connectivity index (χ4n) is 3.71. The molecule has 0 aromatic heterocycles. The maximum Gasteiger partial charge on any atom is 3.00 e. The van der Waals surface area contributed by atoms with Crippen LogP contribution in [0.5, 0.6) is 0 Å². The first-order valence-corrected chi connectivity index (χ1v) is 22.0. The standard InChI is InChI=1S/3C9H16O4.3C6H10O3.Ga/c3*1-4-5-8(10)6-9(11)13-12-7(2)3;3*1-2-3-5(7)4-6(8)9;/h3*7H,4-6H2,1-3H3;3*2-4H2,1H3,(H,8,9);/q;;;;;;+3/p-3. The van der Waals surface area contributed by atoms with Crippen LogP contribution in [-0.4, -0.2) is 109 Å².